The van der Waals surface area contributed by atoms with Crippen LogP contribution in [0.5, 0.6) is 0 Å². The van der Waals surface area contributed by atoms with Gasteiger partial charge in [-0.15, -0.1) is 0 Å². The fourth-order valence-electron chi connectivity index (χ4n) is 1.59. The van der Waals surface area contributed by atoms with Crippen molar-refractivity contribution in [2.24, 2.45) is 0 Å². The van der Waals surface area contributed by atoms with Crippen molar-refractivity contribution in [2.45, 2.75) is 0 Å². The molecule has 1 heterocycles. The van der Waals surface area contributed by atoms with Crippen LogP contribution in [0.1, 0.15) is 10.5 Å². The number of benzene rings is 1. The molecule has 0 aliphatic carbocycles. The Morgan fingerprint density at radius 1 is 1.33 bits per heavy atom. The molecule has 0 radical (unpaired) electrons. The Kier molecular flexibility index (Phi) is 5.16. The smallest absolute Gasteiger partial charge is 0.270 e. The molecule has 1 aromatic heterocycles. The summed E-state index contributed by atoms with van der Waals surface area (Å²) in [5.41, 5.74) is 0.439. The predicted octanol–water partition coefficient (Wildman–Crippen LogP) is 1.74. The number of hydrogen-bond acceptors (Lipinski definition) is 5. The molecule has 0 atom stereocenters. The second kappa shape index (κ2) is 7.30. The summed E-state index contributed by atoms with van der Waals surface area (Å²) in [6.45, 7) is 0.798. The Labute approximate surface area is 121 Å². The van der Waals surface area contributed by atoms with Gasteiger partial charge < -0.3 is 15.4 Å². The standard InChI is InChI=1S/C14H15FN4O2/c1-21-9-8-16-13(20)12-6-7-17-14(19-12)18-11-5-3-2-4-10(11)15/h2-7H,8-9H2,1H3,(H,16,20)(H,17,18,19). The number of rotatable bonds is 6. The molecule has 0 saturated heterocycles. The van der Waals surface area contributed by atoms with Gasteiger partial charge in [-0.2, -0.15) is 0 Å². The van der Waals surface area contributed by atoms with Crippen LogP contribution < -0.4 is 10.6 Å². The van der Waals surface area contributed by atoms with Crippen LogP contribution >= 0.6 is 0 Å². The lowest BCUT2D eigenvalue weighted by molar-refractivity contribution is 0.0932. The molecular formula is C14H15FN4O2. The third-order valence-electron chi connectivity index (χ3n) is 2.60. The fourth-order valence-corrected chi connectivity index (χ4v) is 1.59. The van der Waals surface area contributed by atoms with Crippen LogP contribution in [0.15, 0.2) is 36.5 Å². The molecule has 0 unspecified atom stereocenters. The molecular weight excluding hydrogens is 275 g/mol. The van der Waals surface area contributed by atoms with Crippen molar-refractivity contribution >= 4 is 17.5 Å². The van der Waals surface area contributed by atoms with Gasteiger partial charge in [0.2, 0.25) is 5.95 Å². The Balaban J connectivity index is 2.07. The first-order chi connectivity index (χ1) is 10.2. The second-order valence-electron chi connectivity index (χ2n) is 4.12. The summed E-state index contributed by atoms with van der Waals surface area (Å²) >= 11 is 0. The van der Waals surface area contributed by atoms with Crippen LogP contribution in [-0.4, -0.2) is 36.1 Å². The van der Waals surface area contributed by atoms with Crippen molar-refractivity contribution in [2.75, 3.05) is 25.6 Å². The number of methoxy groups -OCH3 is 1. The fraction of sp³-hybridized carbons (Fsp3) is 0.214. The number of nitrogens with zero attached hydrogens (tertiary/aromatic N) is 2. The summed E-state index contributed by atoms with van der Waals surface area (Å²) in [5, 5.41) is 5.38. The number of para-hydroxylation sites is 1. The lowest BCUT2D eigenvalue weighted by Gasteiger charge is -2.07. The summed E-state index contributed by atoms with van der Waals surface area (Å²) in [7, 11) is 1.55. The first-order valence-electron chi connectivity index (χ1n) is 6.32. The van der Waals surface area contributed by atoms with Gasteiger partial charge in [-0.05, 0) is 18.2 Å². The minimum absolute atomic E-state index is 0.152. The van der Waals surface area contributed by atoms with E-state index in [1.807, 2.05) is 0 Å². The highest BCUT2D eigenvalue weighted by molar-refractivity contribution is 5.92. The van der Waals surface area contributed by atoms with Crippen molar-refractivity contribution in [3.63, 3.8) is 0 Å². The number of carbonyl (C=O) groups is 1. The summed E-state index contributed by atoms with van der Waals surface area (Å²) in [5.74, 6) is -0.610. The number of carbonyl (C=O) groups excluding carboxylic acids is 1. The van der Waals surface area contributed by atoms with E-state index in [2.05, 4.69) is 20.6 Å². The molecule has 21 heavy (non-hydrogen) atoms. The van der Waals surface area contributed by atoms with E-state index in [-0.39, 0.29) is 23.2 Å². The molecule has 110 valence electrons. The molecule has 2 rings (SSSR count). The Bertz CT molecular complexity index is 621. The second-order valence-corrected chi connectivity index (χ2v) is 4.12. The van der Waals surface area contributed by atoms with E-state index in [0.717, 1.165) is 0 Å². The average molecular weight is 290 g/mol. The van der Waals surface area contributed by atoms with Crippen molar-refractivity contribution in [3.8, 4) is 0 Å². The molecule has 0 aliphatic rings. The van der Waals surface area contributed by atoms with Crippen LogP contribution in [0.4, 0.5) is 16.0 Å². The summed E-state index contributed by atoms with van der Waals surface area (Å²) in [6.07, 6.45) is 1.43. The predicted molar refractivity (Wildman–Crippen MR) is 75.9 cm³/mol. The minimum atomic E-state index is -0.420. The topological polar surface area (TPSA) is 76.1 Å². The number of anilines is 2. The zero-order chi connectivity index (χ0) is 15.1. The van der Waals surface area contributed by atoms with Gasteiger partial charge in [-0.1, -0.05) is 12.1 Å². The van der Waals surface area contributed by atoms with Gasteiger partial charge in [-0.3, -0.25) is 4.79 Å². The first kappa shape index (κ1) is 14.9. The number of halogens is 1. The molecule has 0 fully saturated rings. The van der Waals surface area contributed by atoms with E-state index in [1.54, 1.807) is 25.3 Å². The number of amides is 1. The van der Waals surface area contributed by atoms with Gasteiger partial charge in [0.15, 0.2) is 0 Å². The van der Waals surface area contributed by atoms with Gasteiger partial charge in [0.05, 0.1) is 12.3 Å². The number of ether oxygens (including phenoxy) is 1. The van der Waals surface area contributed by atoms with Crippen LogP contribution in [0, 0.1) is 5.82 Å². The highest BCUT2D eigenvalue weighted by Crippen LogP contribution is 2.16. The third-order valence-corrected chi connectivity index (χ3v) is 2.60. The van der Waals surface area contributed by atoms with E-state index in [1.165, 1.54) is 18.3 Å². The maximum atomic E-state index is 13.5. The Morgan fingerprint density at radius 3 is 2.90 bits per heavy atom. The monoisotopic (exact) mass is 290 g/mol. The van der Waals surface area contributed by atoms with Crippen molar-refractivity contribution in [3.05, 3.63) is 48.0 Å². The highest BCUT2D eigenvalue weighted by atomic mass is 19.1. The van der Waals surface area contributed by atoms with Crippen molar-refractivity contribution < 1.29 is 13.9 Å². The Hall–Kier alpha value is -2.54. The molecule has 2 N–H and O–H groups in total. The van der Waals surface area contributed by atoms with Gasteiger partial charge in [0.1, 0.15) is 11.5 Å². The molecule has 0 saturated carbocycles. The molecule has 6 nitrogen and oxygen atoms in total. The molecule has 0 aliphatic heterocycles. The van der Waals surface area contributed by atoms with E-state index in [0.29, 0.717) is 13.2 Å². The zero-order valence-corrected chi connectivity index (χ0v) is 11.5. The molecule has 0 spiro atoms. The molecule has 0 bridgehead atoms. The van der Waals surface area contributed by atoms with Crippen LogP contribution in [0.3, 0.4) is 0 Å². The lowest BCUT2D eigenvalue weighted by Crippen LogP contribution is -2.27. The highest BCUT2D eigenvalue weighted by Gasteiger charge is 2.09. The van der Waals surface area contributed by atoms with Gasteiger partial charge in [0.25, 0.3) is 5.91 Å². The normalized spacial score (nSPS) is 10.2. The van der Waals surface area contributed by atoms with E-state index < -0.39 is 5.82 Å². The minimum Gasteiger partial charge on any atom is -0.383 e. The maximum Gasteiger partial charge on any atom is 0.270 e. The summed E-state index contributed by atoms with van der Waals surface area (Å²) in [6, 6.07) is 7.64. The van der Waals surface area contributed by atoms with Crippen LogP contribution in [0.2, 0.25) is 0 Å². The zero-order valence-electron chi connectivity index (χ0n) is 11.5. The van der Waals surface area contributed by atoms with E-state index in [9.17, 15) is 9.18 Å². The number of nitrogens with one attached hydrogen (secondary N) is 2. The van der Waals surface area contributed by atoms with Crippen molar-refractivity contribution in [1.82, 2.24) is 15.3 Å². The quantitative estimate of drug-likeness (QED) is 0.792. The molecule has 7 heteroatoms. The largest absolute Gasteiger partial charge is 0.383 e. The molecule has 1 aromatic carbocycles. The lowest BCUT2D eigenvalue weighted by atomic mass is 10.3. The number of hydrogen-bond donors (Lipinski definition) is 2. The third kappa shape index (κ3) is 4.22. The number of aromatic nitrogens is 2. The average Bonchev–Trinajstić information content (AvgIpc) is 2.50. The molecule has 1 amide bonds. The van der Waals surface area contributed by atoms with Crippen LogP contribution in [0.25, 0.3) is 0 Å². The van der Waals surface area contributed by atoms with Crippen molar-refractivity contribution in [1.29, 1.82) is 0 Å². The van der Waals surface area contributed by atoms with E-state index in [4.69, 9.17) is 4.74 Å². The summed E-state index contributed by atoms with van der Waals surface area (Å²) in [4.78, 5) is 19.8. The first-order valence-corrected chi connectivity index (χ1v) is 6.32. The van der Waals surface area contributed by atoms with Gasteiger partial charge in [0, 0.05) is 19.9 Å². The van der Waals surface area contributed by atoms with Gasteiger partial charge >= 0.3 is 0 Å². The Morgan fingerprint density at radius 2 is 2.14 bits per heavy atom. The summed E-state index contributed by atoms with van der Waals surface area (Å²) < 4.78 is 18.4. The van der Waals surface area contributed by atoms with Gasteiger partial charge in [-0.25, -0.2) is 14.4 Å². The molecule has 2 aromatic rings. The SMILES string of the molecule is COCCNC(=O)c1ccnc(Nc2ccccc2F)n1. The maximum absolute atomic E-state index is 13.5. The van der Waals surface area contributed by atoms with E-state index >= 15 is 0 Å². The van der Waals surface area contributed by atoms with Crippen LogP contribution in [-0.2, 0) is 4.74 Å².